The molecule has 0 aliphatic heterocycles. The van der Waals surface area contributed by atoms with Crippen molar-refractivity contribution in [1.29, 1.82) is 0 Å². The Balaban J connectivity index is 2.16. The number of nitrogens with zero attached hydrogens (tertiary/aromatic N) is 2. The maximum absolute atomic E-state index is 5.13. The molecule has 0 radical (unpaired) electrons. The predicted molar refractivity (Wildman–Crippen MR) is 82.3 cm³/mol. The molecule has 0 fully saturated rings. The van der Waals surface area contributed by atoms with E-state index in [0.717, 1.165) is 27.6 Å². The second-order valence-electron chi connectivity index (χ2n) is 4.33. The van der Waals surface area contributed by atoms with Crippen LogP contribution in [0.2, 0.25) is 0 Å². The van der Waals surface area contributed by atoms with Gasteiger partial charge in [-0.1, -0.05) is 40.2 Å². The van der Waals surface area contributed by atoms with Crippen LogP contribution in [0.15, 0.2) is 47.2 Å². The minimum Gasteiger partial charge on any atom is -0.380 e. The van der Waals surface area contributed by atoms with E-state index in [4.69, 9.17) is 4.74 Å². The number of fused-ring (bicyclic) bond motifs is 1. The third-order valence-electron chi connectivity index (χ3n) is 2.76. The van der Waals surface area contributed by atoms with Crippen LogP contribution < -0.4 is 0 Å². The van der Waals surface area contributed by atoms with Gasteiger partial charge in [0.15, 0.2) is 0 Å². The van der Waals surface area contributed by atoms with Crippen molar-refractivity contribution in [3.63, 3.8) is 0 Å². The molecule has 0 bridgehead atoms. The molecule has 1 aromatic heterocycles. The third kappa shape index (κ3) is 3.78. The van der Waals surface area contributed by atoms with E-state index in [1.54, 1.807) is 7.11 Å². The monoisotopic (exact) mass is 320 g/mol. The molecule has 0 spiro atoms. The largest absolute Gasteiger partial charge is 0.380 e. The number of ether oxygens (including phenoxy) is 1. The number of benzene rings is 1. The average Bonchev–Trinajstić information content (AvgIpc) is 2.77. The molecule has 2 rings (SSSR count). The summed E-state index contributed by atoms with van der Waals surface area (Å²) in [4.78, 5) is 4.42. The molecule has 1 aromatic carbocycles. The number of allylic oxidation sites excluding steroid dienone is 4. The summed E-state index contributed by atoms with van der Waals surface area (Å²) in [6.45, 7) is 3.45. The van der Waals surface area contributed by atoms with Crippen LogP contribution in [0.3, 0.4) is 0 Å². The number of halogens is 1. The first-order chi connectivity index (χ1) is 9.20. The minimum atomic E-state index is 0.623. The second-order valence-corrected chi connectivity index (χ2v) is 5.59. The van der Waals surface area contributed by atoms with E-state index in [1.165, 1.54) is 0 Å². The molecule has 0 amide bonds. The van der Waals surface area contributed by atoms with Gasteiger partial charge in [0.25, 0.3) is 0 Å². The molecule has 0 unspecified atom stereocenters. The van der Waals surface area contributed by atoms with Crippen LogP contribution in [0.5, 0.6) is 0 Å². The fourth-order valence-corrected chi connectivity index (χ4v) is 2.04. The Hall–Kier alpha value is -1.39. The van der Waals surface area contributed by atoms with E-state index < -0.39 is 0 Å². The molecule has 0 aliphatic rings. The summed E-state index contributed by atoms with van der Waals surface area (Å²) in [5.74, 6) is 0. The molecule has 0 atom stereocenters. The maximum Gasteiger partial charge on any atom is 0.0961 e. The Kier molecular flexibility index (Phi) is 4.93. The number of imidazole rings is 1. The third-order valence-corrected chi connectivity index (χ3v) is 3.02. The Morgan fingerprint density at radius 2 is 2.32 bits per heavy atom. The van der Waals surface area contributed by atoms with Crippen LogP contribution in [0.25, 0.3) is 11.0 Å². The molecule has 19 heavy (non-hydrogen) atoms. The predicted octanol–water partition coefficient (Wildman–Crippen LogP) is 4.04. The van der Waals surface area contributed by atoms with Crippen LogP contribution in [0.1, 0.15) is 12.5 Å². The van der Waals surface area contributed by atoms with Crippen LogP contribution in [-0.2, 0) is 17.9 Å². The van der Waals surface area contributed by atoms with E-state index in [9.17, 15) is 0 Å². The first kappa shape index (κ1) is 14.0. The number of aromatic nitrogens is 2. The highest BCUT2D eigenvalue weighted by molar-refractivity contribution is 9.11. The molecular weight excluding hydrogens is 304 g/mol. The quantitative estimate of drug-likeness (QED) is 0.777. The summed E-state index contributed by atoms with van der Waals surface area (Å²) < 4.78 is 8.37. The first-order valence-corrected chi connectivity index (χ1v) is 6.91. The molecule has 0 N–H and O–H groups in total. The zero-order chi connectivity index (χ0) is 13.7. The maximum atomic E-state index is 5.13. The summed E-state index contributed by atoms with van der Waals surface area (Å²) in [6.07, 6.45) is 8.04. The van der Waals surface area contributed by atoms with Gasteiger partial charge in [0, 0.05) is 13.7 Å². The summed E-state index contributed by atoms with van der Waals surface area (Å²) in [5.41, 5.74) is 3.30. The van der Waals surface area contributed by atoms with Crippen LogP contribution in [0.4, 0.5) is 0 Å². The normalized spacial score (nSPS) is 12.7. The smallest absolute Gasteiger partial charge is 0.0961 e. The van der Waals surface area contributed by atoms with Gasteiger partial charge in [-0.15, -0.1) is 0 Å². The van der Waals surface area contributed by atoms with Gasteiger partial charge in [-0.25, -0.2) is 4.98 Å². The minimum absolute atomic E-state index is 0.623. The highest BCUT2D eigenvalue weighted by Gasteiger charge is 2.02. The molecule has 0 aliphatic carbocycles. The Labute approximate surface area is 121 Å². The zero-order valence-corrected chi connectivity index (χ0v) is 12.7. The van der Waals surface area contributed by atoms with Crippen LogP contribution in [0, 0.1) is 0 Å². The molecule has 4 heteroatoms. The fraction of sp³-hybridized carbons (Fsp3) is 0.267. The standard InChI is InChI=1S/C15H17BrN2O/c1-12(16)5-3-4-8-18-11-17-14-9-13(10-19-2)6-7-15(14)18/h3-7,9,11H,8,10H2,1-2H3/b4-3-,12-5+. The lowest BCUT2D eigenvalue weighted by Crippen LogP contribution is -1.93. The number of rotatable bonds is 5. The van der Waals surface area contributed by atoms with Crippen molar-refractivity contribution in [3.8, 4) is 0 Å². The highest BCUT2D eigenvalue weighted by Crippen LogP contribution is 2.15. The Bertz CT molecular complexity index is 610. The lowest BCUT2D eigenvalue weighted by molar-refractivity contribution is 0.185. The highest BCUT2D eigenvalue weighted by atomic mass is 79.9. The van der Waals surface area contributed by atoms with Gasteiger partial charge in [0.2, 0.25) is 0 Å². The summed E-state index contributed by atoms with van der Waals surface area (Å²) in [7, 11) is 1.70. The van der Waals surface area contributed by atoms with Crippen LogP contribution >= 0.6 is 15.9 Å². The molecule has 3 nitrogen and oxygen atoms in total. The number of methoxy groups -OCH3 is 1. The molecule has 2 aromatic rings. The van der Waals surface area contributed by atoms with Gasteiger partial charge in [-0.2, -0.15) is 0 Å². The second kappa shape index (κ2) is 6.68. The van der Waals surface area contributed by atoms with Gasteiger partial charge in [-0.3, -0.25) is 0 Å². The summed E-state index contributed by atoms with van der Waals surface area (Å²) >= 11 is 3.39. The average molecular weight is 321 g/mol. The summed E-state index contributed by atoms with van der Waals surface area (Å²) in [6, 6.07) is 6.24. The first-order valence-electron chi connectivity index (χ1n) is 6.12. The SMILES string of the molecule is COCc1ccc2c(c1)ncn2C/C=C\C=C(/C)Br. The van der Waals surface area contributed by atoms with Crippen molar-refractivity contribution < 1.29 is 4.74 Å². The number of hydrogen-bond donors (Lipinski definition) is 0. The number of hydrogen-bond acceptors (Lipinski definition) is 2. The van der Waals surface area contributed by atoms with Crippen molar-refractivity contribution in [2.75, 3.05) is 7.11 Å². The van der Waals surface area contributed by atoms with Gasteiger partial charge in [0.05, 0.1) is 24.0 Å². The summed E-state index contributed by atoms with van der Waals surface area (Å²) in [5, 5.41) is 0. The van der Waals surface area contributed by atoms with Crippen molar-refractivity contribution in [1.82, 2.24) is 9.55 Å². The van der Waals surface area contributed by atoms with E-state index in [-0.39, 0.29) is 0 Å². The van der Waals surface area contributed by atoms with Gasteiger partial charge in [-0.05, 0) is 29.1 Å². The van der Waals surface area contributed by atoms with Crippen molar-refractivity contribution in [3.05, 3.63) is 52.8 Å². The van der Waals surface area contributed by atoms with E-state index in [2.05, 4.69) is 49.8 Å². The van der Waals surface area contributed by atoms with Gasteiger partial charge in [0.1, 0.15) is 0 Å². The zero-order valence-electron chi connectivity index (χ0n) is 11.1. The molecule has 0 saturated heterocycles. The fourth-order valence-electron chi connectivity index (χ4n) is 1.89. The molecule has 100 valence electrons. The Morgan fingerprint density at radius 1 is 1.47 bits per heavy atom. The van der Waals surface area contributed by atoms with Crippen LogP contribution in [-0.4, -0.2) is 16.7 Å². The van der Waals surface area contributed by atoms with Crippen molar-refractivity contribution in [2.45, 2.75) is 20.1 Å². The van der Waals surface area contributed by atoms with Gasteiger partial charge < -0.3 is 9.30 Å². The Morgan fingerprint density at radius 3 is 3.05 bits per heavy atom. The van der Waals surface area contributed by atoms with E-state index in [1.807, 2.05) is 25.4 Å². The topological polar surface area (TPSA) is 27.1 Å². The molecule has 0 saturated carbocycles. The molecular formula is C15H17BrN2O. The van der Waals surface area contributed by atoms with Crippen molar-refractivity contribution in [2.24, 2.45) is 0 Å². The molecule has 1 heterocycles. The van der Waals surface area contributed by atoms with Gasteiger partial charge >= 0.3 is 0 Å². The van der Waals surface area contributed by atoms with E-state index >= 15 is 0 Å². The lowest BCUT2D eigenvalue weighted by atomic mass is 10.2. The lowest BCUT2D eigenvalue weighted by Gasteiger charge is -2.02. The van der Waals surface area contributed by atoms with Crippen molar-refractivity contribution >= 4 is 27.0 Å². The van der Waals surface area contributed by atoms with E-state index in [0.29, 0.717) is 6.61 Å².